The standard InChI is InChI=1S/C64H32N16.Pd/c1-2-10-34-18-42-41(17-33(34)9-1)53-49(61-69-25-65-26-70-61)55-43-19-35-11-3-4-12-36(35)20-44(43)57(78-55)51(63-73-29-67-30-74-63)59-47-23-39-15-7-8-16-40(39)24-48(47)60(80-59)52(64-75-31-68-32-76-64)58-46-22-38-14-6-5-13-37(38)21-45(46)56(79-58)50(54(42)77-53)62-71-27-66-28-72-62;/h1-32H;/q-2;+2. The summed E-state index contributed by atoms with van der Waals surface area (Å²) in [5.74, 6) is 1.43. The van der Waals surface area contributed by atoms with Crippen molar-refractivity contribution in [2.24, 2.45) is 0 Å². The molecule has 0 spiro atoms. The Morgan fingerprint density at radius 1 is 0.247 bits per heavy atom. The Labute approximate surface area is 471 Å². The molecule has 16 nitrogen and oxygen atoms in total. The molecule has 2 aliphatic heterocycles. The number of benzene rings is 8. The average molecular weight is 1130 g/mol. The third-order valence-corrected chi connectivity index (χ3v) is 15.2. The average Bonchev–Trinajstić information content (AvgIpc) is 3.51. The van der Waals surface area contributed by atoms with Gasteiger partial charge in [0.1, 0.15) is 50.6 Å². The molecule has 17 rings (SSSR count). The molecule has 6 aromatic heterocycles. The van der Waals surface area contributed by atoms with Crippen LogP contribution in [0.2, 0.25) is 0 Å². The van der Waals surface area contributed by atoms with Crippen LogP contribution in [-0.4, -0.2) is 69.8 Å². The van der Waals surface area contributed by atoms with Crippen LogP contribution < -0.4 is 9.97 Å². The molecular weight excluding hydrogens is 1100 g/mol. The van der Waals surface area contributed by atoms with E-state index in [1.807, 2.05) is 48.5 Å². The third kappa shape index (κ3) is 7.13. The Bertz CT molecular complexity index is 4660. The number of nitrogens with zero attached hydrogens (tertiary/aromatic N) is 16. The van der Waals surface area contributed by atoms with Gasteiger partial charge in [-0.1, -0.05) is 97.1 Å². The molecule has 0 saturated carbocycles. The predicted octanol–water partition coefficient (Wildman–Crippen LogP) is 12.6. The van der Waals surface area contributed by atoms with Gasteiger partial charge in [0.15, 0.2) is 23.3 Å². The Hall–Kier alpha value is -10.9. The van der Waals surface area contributed by atoms with Crippen LogP contribution in [0, 0.1) is 0 Å². The fraction of sp³-hybridized carbons (Fsp3) is 0. The second-order valence-electron chi connectivity index (χ2n) is 19.6. The van der Waals surface area contributed by atoms with Crippen LogP contribution in [0.25, 0.3) is 177 Å². The van der Waals surface area contributed by atoms with Gasteiger partial charge in [0.05, 0.1) is 22.8 Å². The van der Waals surface area contributed by atoms with Gasteiger partial charge in [-0.15, -0.1) is 22.1 Å². The van der Waals surface area contributed by atoms with Gasteiger partial charge in [-0.2, -0.15) is 0 Å². The Balaban J connectivity index is 0.00000542. The first-order valence-electron chi connectivity index (χ1n) is 25.6. The molecule has 1 aliphatic carbocycles. The van der Waals surface area contributed by atoms with Gasteiger partial charge in [-0.3, -0.25) is 0 Å². The van der Waals surface area contributed by atoms with Crippen LogP contribution in [0.3, 0.4) is 0 Å². The van der Waals surface area contributed by atoms with Crippen molar-refractivity contribution in [3.8, 4) is 90.6 Å². The van der Waals surface area contributed by atoms with Crippen molar-refractivity contribution in [1.29, 1.82) is 0 Å². The molecule has 0 amide bonds. The minimum absolute atomic E-state index is 0. The van der Waals surface area contributed by atoms with E-state index in [-0.39, 0.29) is 20.4 Å². The summed E-state index contributed by atoms with van der Waals surface area (Å²) in [6.07, 6.45) is 12.0. The van der Waals surface area contributed by atoms with E-state index in [4.69, 9.17) is 59.8 Å². The van der Waals surface area contributed by atoms with E-state index in [0.717, 1.165) is 86.9 Å². The van der Waals surface area contributed by atoms with Crippen LogP contribution in [0.1, 0.15) is 0 Å². The fourth-order valence-electron chi connectivity index (χ4n) is 11.8. The quantitative estimate of drug-likeness (QED) is 0.150. The maximum atomic E-state index is 5.86. The van der Waals surface area contributed by atoms with Crippen LogP contribution in [0.5, 0.6) is 0 Å². The molecule has 17 heteroatoms. The molecule has 0 saturated heterocycles. The van der Waals surface area contributed by atoms with Crippen LogP contribution in [0.15, 0.2) is 196 Å². The van der Waals surface area contributed by atoms with Gasteiger partial charge in [0.2, 0.25) is 0 Å². The molecule has 8 aromatic carbocycles. The molecule has 0 atom stereocenters. The number of fused-ring (bicyclic) bond motifs is 4. The first-order chi connectivity index (χ1) is 39.7. The monoisotopic (exact) mass is 1130 g/mol. The molecule has 0 unspecified atom stereocenters. The van der Waals surface area contributed by atoms with Crippen LogP contribution in [0.4, 0.5) is 0 Å². The first-order valence-corrected chi connectivity index (χ1v) is 25.6. The van der Waals surface area contributed by atoms with E-state index in [1.165, 1.54) is 50.6 Å². The topological polar surface area (TPSA) is 209 Å². The Morgan fingerprint density at radius 2 is 0.444 bits per heavy atom. The minimum atomic E-state index is 0. The summed E-state index contributed by atoms with van der Waals surface area (Å²) in [7, 11) is 0. The van der Waals surface area contributed by atoms with E-state index in [2.05, 4.69) is 117 Å². The third-order valence-electron chi connectivity index (χ3n) is 15.2. The van der Waals surface area contributed by atoms with Crippen molar-refractivity contribution in [1.82, 2.24) is 79.7 Å². The van der Waals surface area contributed by atoms with Crippen molar-refractivity contribution in [3.05, 3.63) is 196 Å². The van der Waals surface area contributed by atoms with Crippen LogP contribution >= 0.6 is 0 Å². The Kier molecular flexibility index (Phi) is 10.3. The molecule has 8 bridgehead atoms. The van der Waals surface area contributed by atoms with E-state index < -0.39 is 0 Å². The van der Waals surface area contributed by atoms with Gasteiger partial charge in [0.25, 0.3) is 0 Å². The van der Waals surface area contributed by atoms with Gasteiger partial charge in [0, 0.05) is 44.5 Å². The summed E-state index contributed by atoms with van der Waals surface area (Å²) in [4.78, 5) is 80.1. The number of hydrogen-bond donors (Lipinski definition) is 0. The van der Waals surface area contributed by atoms with E-state index >= 15 is 0 Å². The van der Waals surface area contributed by atoms with E-state index in [1.54, 1.807) is 0 Å². The van der Waals surface area contributed by atoms with Crippen molar-refractivity contribution in [3.63, 3.8) is 0 Å². The van der Waals surface area contributed by atoms with Gasteiger partial charge < -0.3 is 9.97 Å². The Morgan fingerprint density at radius 3 is 0.654 bits per heavy atom. The molecule has 14 aromatic rings. The molecule has 3 aliphatic rings. The minimum Gasteiger partial charge on any atom is -0.656 e. The summed E-state index contributed by atoms with van der Waals surface area (Å²) in [6.45, 7) is 0. The molecule has 81 heavy (non-hydrogen) atoms. The predicted molar refractivity (Wildman–Crippen MR) is 308 cm³/mol. The maximum Gasteiger partial charge on any atom is 2.00 e. The maximum absolute atomic E-state index is 5.86. The van der Waals surface area contributed by atoms with Gasteiger partial charge in [-0.25, -0.2) is 69.8 Å². The van der Waals surface area contributed by atoms with Gasteiger partial charge >= 0.3 is 20.4 Å². The molecule has 8 heterocycles. The smallest absolute Gasteiger partial charge is 0.656 e. The zero-order valence-electron chi connectivity index (χ0n) is 41.9. The fourth-order valence-corrected chi connectivity index (χ4v) is 11.8. The second-order valence-corrected chi connectivity index (χ2v) is 19.6. The molecular formula is C64H32N16Pd. The summed E-state index contributed by atoms with van der Waals surface area (Å²) >= 11 is 0. The summed E-state index contributed by atoms with van der Waals surface area (Å²) in [6, 6.07) is 50.5. The van der Waals surface area contributed by atoms with E-state index in [9.17, 15) is 0 Å². The number of aromatic nitrogens is 16. The normalized spacial score (nSPS) is 11.9. The van der Waals surface area contributed by atoms with Crippen molar-refractivity contribution in [2.75, 3.05) is 0 Å². The van der Waals surface area contributed by atoms with E-state index in [0.29, 0.717) is 90.4 Å². The van der Waals surface area contributed by atoms with Crippen molar-refractivity contribution < 1.29 is 20.4 Å². The van der Waals surface area contributed by atoms with Gasteiger partial charge in [-0.05, 0) is 113 Å². The van der Waals surface area contributed by atoms with Crippen LogP contribution in [-0.2, 0) is 20.4 Å². The summed E-state index contributed by atoms with van der Waals surface area (Å²) < 4.78 is 0. The van der Waals surface area contributed by atoms with Crippen molar-refractivity contribution >= 4 is 86.7 Å². The molecule has 0 radical (unpaired) electrons. The summed E-state index contributed by atoms with van der Waals surface area (Å²) in [5, 5.41) is 11.2. The summed E-state index contributed by atoms with van der Waals surface area (Å²) in [5.41, 5.74) is 10.0. The SMILES string of the molecule is [Pd+2].c1ccc2cc3c(cc2c1)-c1nc-3c(-c2ncncn2)c2[n-]c(c(-c3ncncn3)c3nc(c(-c4ncncn4)c4[n-]c(c1-c1ncncn1)c1cc5ccccc5cc41)-c1cc4ccccc4cc1-3)c1cc3ccccc3cc21. The zero-order valence-corrected chi connectivity index (χ0v) is 43.5. The second kappa shape index (κ2) is 18.1. The number of hydrogen-bond acceptors (Lipinski definition) is 14. The molecule has 378 valence electrons. The largest absolute Gasteiger partial charge is 2.00 e. The first kappa shape index (κ1) is 46.3. The number of rotatable bonds is 4. The molecule has 0 fully saturated rings. The zero-order chi connectivity index (χ0) is 52.4. The molecule has 0 N–H and O–H groups in total. The van der Waals surface area contributed by atoms with Crippen molar-refractivity contribution in [2.45, 2.75) is 0 Å².